The fourth-order valence-corrected chi connectivity index (χ4v) is 5.80. The van der Waals surface area contributed by atoms with Gasteiger partial charge in [0.25, 0.3) is 0 Å². The van der Waals surface area contributed by atoms with Crippen LogP contribution in [0, 0.1) is 11.8 Å². The molecule has 0 bridgehead atoms. The van der Waals surface area contributed by atoms with Gasteiger partial charge in [-0.3, -0.25) is 0 Å². The molecule has 0 aliphatic heterocycles. The highest BCUT2D eigenvalue weighted by molar-refractivity contribution is 5.61. The van der Waals surface area contributed by atoms with E-state index < -0.39 is 23.5 Å². The van der Waals surface area contributed by atoms with Crippen LogP contribution in [0.1, 0.15) is 105 Å². The highest BCUT2D eigenvalue weighted by Crippen LogP contribution is 2.42. The van der Waals surface area contributed by atoms with Crippen molar-refractivity contribution in [2.75, 3.05) is 7.11 Å². The van der Waals surface area contributed by atoms with Crippen molar-refractivity contribution < 1.29 is 28.5 Å². The van der Waals surface area contributed by atoms with Crippen molar-refractivity contribution in [2.24, 2.45) is 11.8 Å². The summed E-state index contributed by atoms with van der Waals surface area (Å²) in [5.74, 6) is 0.687. The molecule has 0 spiro atoms. The van der Waals surface area contributed by atoms with Gasteiger partial charge in [0, 0.05) is 0 Å². The molecular formula is C24H42O6. The molecule has 0 unspecified atom stereocenters. The van der Waals surface area contributed by atoms with E-state index in [0.717, 1.165) is 64.2 Å². The highest BCUT2D eigenvalue weighted by atomic mass is 16.7. The first-order chi connectivity index (χ1) is 14.4. The third-order valence-electron chi connectivity index (χ3n) is 7.91. The summed E-state index contributed by atoms with van der Waals surface area (Å²) in [5.41, 5.74) is -0.903. The summed E-state index contributed by atoms with van der Waals surface area (Å²) in [6, 6.07) is 0. The molecule has 0 heterocycles. The molecule has 2 aliphatic rings. The van der Waals surface area contributed by atoms with Crippen LogP contribution in [0.5, 0.6) is 0 Å². The molecule has 0 saturated heterocycles. The standard InChI is InChI=1S/C24H42O6/c1-6-23(7-2,18-12-10-11-13-18)30-22(26)28-20-16-14-19(15-17-20)24(8-3,9-4)29-21(25)27-5/h18-20H,6-17H2,1-5H3. The lowest BCUT2D eigenvalue weighted by molar-refractivity contribution is -0.102. The van der Waals surface area contributed by atoms with Gasteiger partial charge in [0.2, 0.25) is 0 Å². The van der Waals surface area contributed by atoms with Gasteiger partial charge >= 0.3 is 12.3 Å². The van der Waals surface area contributed by atoms with Crippen molar-refractivity contribution in [3.63, 3.8) is 0 Å². The molecule has 0 aromatic rings. The Labute approximate surface area is 182 Å². The summed E-state index contributed by atoms with van der Waals surface area (Å²) >= 11 is 0. The predicted octanol–water partition coefficient (Wildman–Crippen LogP) is 6.79. The first-order valence-electron chi connectivity index (χ1n) is 12.0. The minimum atomic E-state index is -0.622. The predicted molar refractivity (Wildman–Crippen MR) is 115 cm³/mol. The summed E-state index contributed by atoms with van der Waals surface area (Å²) in [7, 11) is 1.34. The zero-order valence-corrected chi connectivity index (χ0v) is 19.7. The lowest BCUT2D eigenvalue weighted by atomic mass is 9.73. The van der Waals surface area contributed by atoms with E-state index in [1.165, 1.54) is 20.0 Å². The van der Waals surface area contributed by atoms with Crippen LogP contribution in [-0.2, 0) is 18.9 Å². The first-order valence-corrected chi connectivity index (χ1v) is 12.0. The van der Waals surface area contributed by atoms with Gasteiger partial charge in [0.05, 0.1) is 7.11 Å². The normalized spacial score (nSPS) is 23.1. The maximum atomic E-state index is 12.6. The van der Waals surface area contributed by atoms with Gasteiger partial charge in [0.1, 0.15) is 17.3 Å². The number of hydrogen-bond acceptors (Lipinski definition) is 6. The summed E-state index contributed by atoms with van der Waals surface area (Å²) in [5, 5.41) is 0. The Hall–Kier alpha value is -1.46. The van der Waals surface area contributed by atoms with E-state index in [2.05, 4.69) is 13.8 Å². The first kappa shape index (κ1) is 24.8. The van der Waals surface area contributed by atoms with Crippen molar-refractivity contribution in [1.29, 1.82) is 0 Å². The second kappa shape index (κ2) is 11.2. The van der Waals surface area contributed by atoms with Gasteiger partial charge in [-0.2, -0.15) is 0 Å². The van der Waals surface area contributed by atoms with Gasteiger partial charge in [0.15, 0.2) is 0 Å². The Morgan fingerprint density at radius 2 is 1.13 bits per heavy atom. The van der Waals surface area contributed by atoms with Crippen molar-refractivity contribution >= 4 is 12.3 Å². The molecule has 0 amide bonds. The van der Waals surface area contributed by atoms with Gasteiger partial charge in [-0.25, -0.2) is 9.59 Å². The molecular weight excluding hydrogens is 384 g/mol. The number of methoxy groups -OCH3 is 1. The quantitative estimate of drug-likeness (QED) is 0.378. The topological polar surface area (TPSA) is 71.1 Å². The fraction of sp³-hybridized carbons (Fsp3) is 0.917. The molecule has 2 aliphatic carbocycles. The van der Waals surface area contributed by atoms with Gasteiger partial charge < -0.3 is 18.9 Å². The molecule has 6 heteroatoms. The van der Waals surface area contributed by atoms with E-state index in [1.54, 1.807) is 0 Å². The average Bonchev–Trinajstić information content (AvgIpc) is 3.32. The van der Waals surface area contributed by atoms with E-state index in [1.807, 2.05) is 13.8 Å². The number of rotatable bonds is 9. The SMILES string of the molecule is CCC(CC)(OC(=O)OC)C1CCC(OC(=O)OC(CC)(CC)C2CCCC2)CC1. The van der Waals surface area contributed by atoms with Crippen LogP contribution in [0.25, 0.3) is 0 Å². The molecule has 0 atom stereocenters. The maximum Gasteiger partial charge on any atom is 0.509 e. The zero-order chi connectivity index (χ0) is 22.2. The maximum absolute atomic E-state index is 12.6. The molecule has 0 aromatic carbocycles. The Balaban J connectivity index is 1.91. The number of carbonyl (C=O) groups is 2. The second-order valence-corrected chi connectivity index (χ2v) is 9.02. The lowest BCUT2D eigenvalue weighted by Gasteiger charge is -2.42. The Kier molecular flexibility index (Phi) is 9.30. The minimum Gasteiger partial charge on any atom is -0.438 e. The van der Waals surface area contributed by atoms with E-state index >= 15 is 0 Å². The molecule has 0 radical (unpaired) electrons. The Bertz CT molecular complexity index is 538. The van der Waals surface area contributed by atoms with Crippen molar-refractivity contribution in [1.82, 2.24) is 0 Å². The minimum absolute atomic E-state index is 0.131. The van der Waals surface area contributed by atoms with E-state index in [-0.39, 0.29) is 12.0 Å². The van der Waals surface area contributed by atoms with Crippen molar-refractivity contribution in [3.05, 3.63) is 0 Å². The Morgan fingerprint density at radius 3 is 1.57 bits per heavy atom. The highest BCUT2D eigenvalue weighted by Gasteiger charge is 2.44. The molecule has 0 aromatic heterocycles. The summed E-state index contributed by atoms with van der Waals surface area (Å²) in [6.07, 6.45) is 9.83. The van der Waals surface area contributed by atoms with Crippen LogP contribution < -0.4 is 0 Å². The number of carbonyl (C=O) groups excluding carboxylic acids is 2. The van der Waals surface area contributed by atoms with Gasteiger partial charge in [-0.1, -0.05) is 40.5 Å². The van der Waals surface area contributed by atoms with Crippen LogP contribution in [0.2, 0.25) is 0 Å². The van der Waals surface area contributed by atoms with Crippen molar-refractivity contribution in [3.8, 4) is 0 Å². The van der Waals surface area contributed by atoms with Crippen molar-refractivity contribution in [2.45, 2.75) is 122 Å². The second-order valence-electron chi connectivity index (χ2n) is 9.02. The van der Waals surface area contributed by atoms with Crippen LogP contribution in [-0.4, -0.2) is 36.7 Å². The molecule has 2 rings (SSSR count). The summed E-state index contributed by atoms with van der Waals surface area (Å²) in [4.78, 5) is 24.4. The van der Waals surface area contributed by atoms with E-state index in [9.17, 15) is 9.59 Å². The van der Waals surface area contributed by atoms with Crippen LogP contribution in [0.4, 0.5) is 9.59 Å². The van der Waals surface area contributed by atoms with Gasteiger partial charge in [-0.15, -0.1) is 0 Å². The van der Waals surface area contributed by atoms with Crippen LogP contribution >= 0.6 is 0 Å². The van der Waals surface area contributed by atoms with Gasteiger partial charge in [-0.05, 0) is 76.0 Å². The lowest BCUT2D eigenvalue weighted by Crippen LogP contribution is -2.45. The third kappa shape index (κ3) is 5.61. The largest absolute Gasteiger partial charge is 0.509 e. The zero-order valence-electron chi connectivity index (χ0n) is 19.7. The molecule has 0 N–H and O–H groups in total. The number of ether oxygens (including phenoxy) is 4. The Morgan fingerprint density at radius 1 is 0.700 bits per heavy atom. The average molecular weight is 427 g/mol. The molecule has 174 valence electrons. The molecule has 2 fully saturated rings. The van der Waals surface area contributed by atoms with E-state index in [4.69, 9.17) is 18.9 Å². The smallest absolute Gasteiger partial charge is 0.438 e. The monoisotopic (exact) mass is 426 g/mol. The summed E-state index contributed by atoms with van der Waals surface area (Å²) in [6.45, 7) is 8.31. The van der Waals surface area contributed by atoms with Crippen LogP contribution in [0.15, 0.2) is 0 Å². The van der Waals surface area contributed by atoms with Crippen LogP contribution in [0.3, 0.4) is 0 Å². The molecule has 2 saturated carbocycles. The number of hydrogen-bond donors (Lipinski definition) is 0. The van der Waals surface area contributed by atoms with E-state index in [0.29, 0.717) is 5.92 Å². The third-order valence-corrected chi connectivity index (χ3v) is 7.91. The molecule has 30 heavy (non-hydrogen) atoms. The summed E-state index contributed by atoms with van der Waals surface area (Å²) < 4.78 is 22.2. The fourth-order valence-electron chi connectivity index (χ4n) is 5.80. The molecule has 6 nitrogen and oxygen atoms in total.